The average Bonchev–Trinajstić information content (AvgIpc) is 3.01. The summed E-state index contributed by atoms with van der Waals surface area (Å²) in [6, 6.07) is 8.44. The lowest BCUT2D eigenvalue weighted by atomic mass is 9.75. The van der Waals surface area contributed by atoms with Crippen molar-refractivity contribution in [3.05, 3.63) is 29.8 Å². The van der Waals surface area contributed by atoms with Gasteiger partial charge < -0.3 is 10.4 Å². The van der Waals surface area contributed by atoms with Gasteiger partial charge in [0, 0.05) is 17.6 Å². The molecular formula is C21H30N2O2. The third-order valence-corrected chi connectivity index (χ3v) is 6.63. The van der Waals surface area contributed by atoms with E-state index >= 15 is 0 Å². The van der Waals surface area contributed by atoms with E-state index in [9.17, 15) is 9.90 Å². The number of para-hydroxylation sites is 1. The fourth-order valence-corrected chi connectivity index (χ4v) is 5.30. The molecule has 1 saturated heterocycles. The molecule has 0 aromatic heterocycles. The summed E-state index contributed by atoms with van der Waals surface area (Å²) in [6.07, 6.45) is 7.00. The molecule has 1 saturated carbocycles. The number of carbonyl (C=O) groups excluding carboxylic acids is 1. The maximum absolute atomic E-state index is 12.9. The fraction of sp³-hybridized carbons (Fsp3) is 0.667. The Bertz CT molecular complexity index is 632. The molecule has 25 heavy (non-hydrogen) atoms. The van der Waals surface area contributed by atoms with Gasteiger partial charge in [-0.1, -0.05) is 25.1 Å². The number of aliphatic hydroxyl groups excluding tert-OH is 1. The Morgan fingerprint density at radius 3 is 2.88 bits per heavy atom. The molecule has 4 heteroatoms. The summed E-state index contributed by atoms with van der Waals surface area (Å²) >= 11 is 0. The van der Waals surface area contributed by atoms with Gasteiger partial charge >= 0.3 is 0 Å². The summed E-state index contributed by atoms with van der Waals surface area (Å²) in [6.45, 7) is 3.28. The molecule has 1 aromatic carbocycles. The molecule has 0 bridgehead atoms. The molecule has 2 N–H and O–H groups in total. The van der Waals surface area contributed by atoms with E-state index in [0.29, 0.717) is 17.9 Å². The molecule has 2 heterocycles. The number of hydrogen-bond acceptors (Lipinski definition) is 3. The summed E-state index contributed by atoms with van der Waals surface area (Å²) in [5, 5.41) is 13.7. The van der Waals surface area contributed by atoms with Gasteiger partial charge in [0.1, 0.15) is 0 Å². The van der Waals surface area contributed by atoms with E-state index in [-0.39, 0.29) is 18.1 Å². The lowest BCUT2D eigenvalue weighted by Gasteiger charge is -2.41. The highest BCUT2D eigenvalue weighted by molar-refractivity contribution is 5.96. The predicted octanol–water partition coefficient (Wildman–Crippen LogP) is 3.20. The molecule has 4 rings (SSSR count). The first-order chi connectivity index (χ1) is 12.1. The topological polar surface area (TPSA) is 52.6 Å². The molecular weight excluding hydrogens is 312 g/mol. The Morgan fingerprint density at radius 1 is 1.16 bits per heavy atom. The number of rotatable bonds is 2. The summed E-state index contributed by atoms with van der Waals surface area (Å²) in [4.78, 5) is 15.3. The van der Waals surface area contributed by atoms with E-state index < -0.39 is 0 Å². The van der Waals surface area contributed by atoms with Gasteiger partial charge in [-0.3, -0.25) is 9.69 Å². The second-order valence-corrected chi connectivity index (χ2v) is 8.30. The third-order valence-electron chi connectivity index (χ3n) is 6.63. The van der Waals surface area contributed by atoms with Gasteiger partial charge in [-0.25, -0.2) is 0 Å². The van der Waals surface area contributed by atoms with Crippen molar-refractivity contribution in [2.24, 2.45) is 11.8 Å². The highest BCUT2D eigenvalue weighted by atomic mass is 16.3. The largest absolute Gasteiger partial charge is 0.393 e. The van der Waals surface area contributed by atoms with Crippen LogP contribution in [0.25, 0.3) is 0 Å². The standard InChI is InChI=1S/C21H30N2O2/c1-14-8-11-20(24)16(13-14)18-7-4-12-23(18)19-10-9-15-5-2-3-6-17(15)22-21(19)25/h2-3,5-6,14,16,18-20,24H,4,7-13H2,1H3,(H,22,25). The lowest BCUT2D eigenvalue weighted by molar-refractivity contribution is -0.123. The van der Waals surface area contributed by atoms with Crippen LogP contribution in [0.1, 0.15) is 51.0 Å². The number of hydrogen-bond donors (Lipinski definition) is 2. The van der Waals surface area contributed by atoms with Crippen molar-refractivity contribution in [3.63, 3.8) is 0 Å². The van der Waals surface area contributed by atoms with Crippen molar-refractivity contribution in [1.82, 2.24) is 4.90 Å². The van der Waals surface area contributed by atoms with Crippen LogP contribution in [-0.4, -0.2) is 40.6 Å². The van der Waals surface area contributed by atoms with Gasteiger partial charge in [0.15, 0.2) is 0 Å². The zero-order valence-corrected chi connectivity index (χ0v) is 15.2. The SMILES string of the molecule is CC1CCC(O)C(C2CCCN2C2CCc3ccccc3NC2=O)C1. The Balaban J connectivity index is 1.53. The minimum Gasteiger partial charge on any atom is -0.393 e. The van der Waals surface area contributed by atoms with Gasteiger partial charge in [-0.15, -0.1) is 0 Å². The van der Waals surface area contributed by atoms with Crippen LogP contribution in [-0.2, 0) is 11.2 Å². The number of fused-ring (bicyclic) bond motifs is 1. The molecule has 3 aliphatic rings. The van der Waals surface area contributed by atoms with Crippen LogP contribution in [0.5, 0.6) is 0 Å². The first kappa shape index (κ1) is 17.0. The Kier molecular flexibility index (Phi) is 4.83. The van der Waals surface area contributed by atoms with Crippen molar-refractivity contribution in [3.8, 4) is 0 Å². The number of nitrogens with one attached hydrogen (secondary N) is 1. The van der Waals surface area contributed by atoms with Crippen molar-refractivity contribution in [1.29, 1.82) is 0 Å². The molecule has 0 spiro atoms. The van der Waals surface area contributed by atoms with Gasteiger partial charge in [0.25, 0.3) is 0 Å². The first-order valence-electron chi connectivity index (χ1n) is 9.96. The number of nitrogens with zero attached hydrogens (tertiary/aromatic N) is 1. The molecule has 1 aliphatic carbocycles. The number of aryl methyl sites for hydroxylation is 1. The van der Waals surface area contributed by atoms with Crippen LogP contribution in [0, 0.1) is 11.8 Å². The van der Waals surface area contributed by atoms with E-state index in [1.54, 1.807) is 0 Å². The zero-order valence-electron chi connectivity index (χ0n) is 15.2. The van der Waals surface area contributed by atoms with Gasteiger partial charge in [0.2, 0.25) is 5.91 Å². The quantitative estimate of drug-likeness (QED) is 0.868. The normalized spacial score (nSPS) is 36.6. The second kappa shape index (κ2) is 7.08. The van der Waals surface area contributed by atoms with E-state index in [1.165, 1.54) is 5.56 Å². The molecule has 2 aliphatic heterocycles. The molecule has 4 nitrogen and oxygen atoms in total. The van der Waals surface area contributed by atoms with Crippen LogP contribution in [0.2, 0.25) is 0 Å². The molecule has 2 fully saturated rings. The lowest BCUT2D eigenvalue weighted by Crippen LogP contribution is -2.51. The number of aliphatic hydroxyl groups is 1. The molecule has 136 valence electrons. The summed E-state index contributed by atoms with van der Waals surface area (Å²) in [5.41, 5.74) is 2.21. The van der Waals surface area contributed by atoms with Crippen LogP contribution in [0.4, 0.5) is 5.69 Å². The minimum absolute atomic E-state index is 0.0654. The van der Waals surface area contributed by atoms with Crippen molar-refractivity contribution in [2.45, 2.75) is 70.1 Å². The number of amides is 1. The first-order valence-corrected chi connectivity index (χ1v) is 9.96. The Hall–Kier alpha value is -1.39. The zero-order chi connectivity index (χ0) is 17.4. The minimum atomic E-state index is -0.201. The average molecular weight is 342 g/mol. The van der Waals surface area contributed by atoms with Gasteiger partial charge in [-0.05, 0) is 69.0 Å². The highest BCUT2D eigenvalue weighted by Gasteiger charge is 2.43. The Labute approximate surface area is 150 Å². The van der Waals surface area contributed by atoms with Gasteiger partial charge in [0.05, 0.1) is 12.1 Å². The molecule has 1 aromatic rings. The second-order valence-electron chi connectivity index (χ2n) is 8.30. The smallest absolute Gasteiger partial charge is 0.241 e. The summed E-state index contributed by atoms with van der Waals surface area (Å²) in [5.74, 6) is 1.14. The molecule has 5 atom stereocenters. The number of carbonyl (C=O) groups is 1. The van der Waals surface area contributed by atoms with Crippen LogP contribution < -0.4 is 5.32 Å². The molecule has 0 radical (unpaired) electrons. The van der Waals surface area contributed by atoms with E-state index in [4.69, 9.17) is 0 Å². The number of benzene rings is 1. The third kappa shape index (κ3) is 3.34. The molecule has 1 amide bonds. The van der Waals surface area contributed by atoms with Gasteiger partial charge in [-0.2, -0.15) is 0 Å². The summed E-state index contributed by atoms with van der Waals surface area (Å²) < 4.78 is 0. The maximum Gasteiger partial charge on any atom is 0.241 e. The predicted molar refractivity (Wildman–Crippen MR) is 99.4 cm³/mol. The van der Waals surface area contributed by atoms with Crippen molar-refractivity contribution < 1.29 is 9.90 Å². The van der Waals surface area contributed by atoms with E-state index in [0.717, 1.165) is 57.2 Å². The maximum atomic E-state index is 12.9. The van der Waals surface area contributed by atoms with Crippen molar-refractivity contribution in [2.75, 3.05) is 11.9 Å². The fourth-order valence-electron chi connectivity index (χ4n) is 5.30. The van der Waals surface area contributed by atoms with Crippen LogP contribution >= 0.6 is 0 Å². The summed E-state index contributed by atoms with van der Waals surface area (Å²) in [7, 11) is 0. The van der Waals surface area contributed by atoms with Crippen LogP contribution in [0.3, 0.4) is 0 Å². The number of likely N-dealkylation sites (tertiary alicyclic amines) is 1. The van der Waals surface area contributed by atoms with E-state index in [2.05, 4.69) is 23.2 Å². The highest BCUT2D eigenvalue weighted by Crippen LogP contribution is 2.39. The van der Waals surface area contributed by atoms with Crippen LogP contribution in [0.15, 0.2) is 24.3 Å². The Morgan fingerprint density at radius 2 is 2.00 bits per heavy atom. The molecule has 5 unspecified atom stereocenters. The number of anilines is 1. The van der Waals surface area contributed by atoms with Crippen molar-refractivity contribution >= 4 is 11.6 Å². The van der Waals surface area contributed by atoms with E-state index in [1.807, 2.05) is 18.2 Å². The monoisotopic (exact) mass is 342 g/mol.